The number of ether oxygens (including phenoxy) is 1. The largest absolute Gasteiger partial charge is 0.372 e. The van der Waals surface area contributed by atoms with E-state index in [4.69, 9.17) is 4.74 Å². The molecule has 0 bridgehead atoms. The van der Waals surface area contributed by atoms with E-state index < -0.39 is 0 Å². The van der Waals surface area contributed by atoms with Crippen LogP contribution in [0.3, 0.4) is 0 Å². The third-order valence-electron chi connectivity index (χ3n) is 4.02. The number of nitrogens with zero attached hydrogens (tertiary/aromatic N) is 3. The molecule has 126 valence electrons. The monoisotopic (exact) mass is 326 g/mol. The number of morpholine rings is 1. The molecule has 1 aliphatic rings. The second-order valence-electron chi connectivity index (χ2n) is 5.98. The van der Waals surface area contributed by atoms with Crippen molar-refractivity contribution in [3.8, 4) is 0 Å². The van der Waals surface area contributed by atoms with Gasteiger partial charge in [0.25, 0.3) is 5.91 Å². The molecule has 1 aromatic heterocycles. The second kappa shape index (κ2) is 7.40. The lowest BCUT2D eigenvalue weighted by molar-refractivity contribution is -0.0175. The third-order valence-corrected chi connectivity index (χ3v) is 4.02. The van der Waals surface area contributed by atoms with Gasteiger partial charge in [0.1, 0.15) is 0 Å². The predicted molar refractivity (Wildman–Crippen MR) is 93.3 cm³/mol. The van der Waals surface area contributed by atoms with Crippen molar-refractivity contribution in [2.75, 3.05) is 23.3 Å². The molecule has 1 saturated heterocycles. The fourth-order valence-corrected chi connectivity index (χ4v) is 2.79. The Kier molecular flexibility index (Phi) is 5.05. The number of amides is 1. The first-order valence-electron chi connectivity index (χ1n) is 8.26. The molecule has 0 saturated carbocycles. The molecule has 1 N–H and O–H groups in total. The van der Waals surface area contributed by atoms with E-state index in [1.54, 1.807) is 6.07 Å². The van der Waals surface area contributed by atoms with Gasteiger partial charge in [0, 0.05) is 18.8 Å². The van der Waals surface area contributed by atoms with E-state index in [-0.39, 0.29) is 18.1 Å². The van der Waals surface area contributed by atoms with E-state index >= 15 is 0 Å². The van der Waals surface area contributed by atoms with Gasteiger partial charge in [0.15, 0.2) is 11.5 Å². The molecule has 2 heterocycles. The maximum absolute atomic E-state index is 12.2. The summed E-state index contributed by atoms with van der Waals surface area (Å²) in [5.74, 6) is 0.516. The lowest BCUT2D eigenvalue weighted by Crippen LogP contribution is -2.46. The number of benzene rings is 1. The molecule has 0 radical (unpaired) electrons. The van der Waals surface area contributed by atoms with E-state index in [0.29, 0.717) is 5.69 Å². The summed E-state index contributed by atoms with van der Waals surface area (Å²) >= 11 is 0. The molecule has 6 nitrogen and oxygen atoms in total. The number of anilines is 2. The Bertz CT molecular complexity index is 675. The Morgan fingerprint density at radius 1 is 1.21 bits per heavy atom. The van der Waals surface area contributed by atoms with Crippen molar-refractivity contribution in [2.24, 2.45) is 0 Å². The lowest BCUT2D eigenvalue weighted by atomic mass is 10.2. The molecule has 0 unspecified atom stereocenters. The van der Waals surface area contributed by atoms with Gasteiger partial charge in [0.05, 0.1) is 12.2 Å². The maximum Gasteiger partial charge on any atom is 0.276 e. The van der Waals surface area contributed by atoms with Crippen LogP contribution in [0.1, 0.15) is 30.8 Å². The minimum absolute atomic E-state index is 0.159. The van der Waals surface area contributed by atoms with Gasteiger partial charge >= 0.3 is 0 Å². The summed E-state index contributed by atoms with van der Waals surface area (Å²) in [6.07, 6.45) is 1.33. The minimum Gasteiger partial charge on any atom is -0.372 e. The topological polar surface area (TPSA) is 67.4 Å². The highest BCUT2D eigenvalue weighted by Crippen LogP contribution is 2.19. The number of carbonyl (C=O) groups is 1. The first-order chi connectivity index (χ1) is 11.7. The van der Waals surface area contributed by atoms with Crippen molar-refractivity contribution in [3.63, 3.8) is 0 Å². The van der Waals surface area contributed by atoms with Gasteiger partial charge in [-0.15, -0.1) is 10.2 Å². The van der Waals surface area contributed by atoms with Gasteiger partial charge in [-0.1, -0.05) is 25.1 Å². The zero-order chi connectivity index (χ0) is 16.9. The highest BCUT2D eigenvalue weighted by atomic mass is 16.5. The van der Waals surface area contributed by atoms with E-state index in [2.05, 4.69) is 34.3 Å². The highest BCUT2D eigenvalue weighted by Gasteiger charge is 2.25. The molecule has 1 amide bonds. The van der Waals surface area contributed by atoms with E-state index in [0.717, 1.165) is 31.0 Å². The van der Waals surface area contributed by atoms with Crippen LogP contribution in [0.2, 0.25) is 0 Å². The summed E-state index contributed by atoms with van der Waals surface area (Å²) in [6.45, 7) is 5.75. The van der Waals surface area contributed by atoms with Crippen molar-refractivity contribution in [1.29, 1.82) is 0 Å². The van der Waals surface area contributed by atoms with Crippen LogP contribution in [0.4, 0.5) is 11.5 Å². The number of rotatable bonds is 4. The summed E-state index contributed by atoms with van der Waals surface area (Å²) in [5.41, 5.74) is 1.04. The molecular weight excluding hydrogens is 304 g/mol. The number of nitrogens with one attached hydrogen (secondary N) is 1. The summed E-state index contributed by atoms with van der Waals surface area (Å²) in [5, 5.41) is 11.1. The molecular formula is C18H22N4O2. The quantitative estimate of drug-likeness (QED) is 0.936. The first-order valence-corrected chi connectivity index (χ1v) is 8.26. The standard InChI is InChI=1S/C18H22N4O2/c1-3-15-12-22(11-13(2)24-15)17-10-9-16(20-21-17)18(23)19-14-7-5-4-6-8-14/h4-10,13,15H,3,11-12H2,1-2H3,(H,19,23)/t13-,15+/m1/s1. The van der Waals surface area contributed by atoms with Gasteiger partial charge in [-0.3, -0.25) is 4.79 Å². The predicted octanol–water partition coefficient (Wildman–Crippen LogP) is 2.73. The van der Waals surface area contributed by atoms with Crippen LogP contribution in [0.5, 0.6) is 0 Å². The van der Waals surface area contributed by atoms with E-state index in [9.17, 15) is 4.79 Å². The fourth-order valence-electron chi connectivity index (χ4n) is 2.79. The smallest absolute Gasteiger partial charge is 0.276 e. The van der Waals surface area contributed by atoms with Gasteiger partial charge in [0.2, 0.25) is 0 Å². The van der Waals surface area contributed by atoms with Gasteiger partial charge in [-0.2, -0.15) is 0 Å². The van der Waals surface area contributed by atoms with Gasteiger partial charge < -0.3 is 15.0 Å². The van der Waals surface area contributed by atoms with Crippen LogP contribution in [0.25, 0.3) is 0 Å². The van der Waals surface area contributed by atoms with Crippen LogP contribution in [-0.2, 0) is 4.74 Å². The Hall–Kier alpha value is -2.47. The van der Waals surface area contributed by atoms with Gasteiger partial charge in [-0.05, 0) is 37.6 Å². The molecule has 24 heavy (non-hydrogen) atoms. The Morgan fingerprint density at radius 3 is 2.67 bits per heavy atom. The number of hydrogen-bond acceptors (Lipinski definition) is 5. The van der Waals surface area contributed by atoms with Crippen molar-refractivity contribution in [2.45, 2.75) is 32.5 Å². The van der Waals surface area contributed by atoms with E-state index in [1.165, 1.54) is 0 Å². The van der Waals surface area contributed by atoms with Crippen molar-refractivity contribution in [3.05, 3.63) is 48.2 Å². The minimum atomic E-state index is -0.262. The van der Waals surface area contributed by atoms with Crippen LogP contribution in [0, 0.1) is 0 Å². The summed E-state index contributed by atoms with van der Waals surface area (Å²) < 4.78 is 5.86. The van der Waals surface area contributed by atoms with Crippen molar-refractivity contribution >= 4 is 17.4 Å². The summed E-state index contributed by atoms with van der Waals surface area (Å²) in [6, 6.07) is 12.9. The van der Waals surface area contributed by atoms with Crippen LogP contribution < -0.4 is 10.2 Å². The molecule has 0 spiro atoms. The average Bonchev–Trinajstić information content (AvgIpc) is 2.62. The molecule has 1 fully saturated rings. The first kappa shape index (κ1) is 16.4. The normalized spacial score (nSPS) is 20.7. The molecule has 2 aromatic rings. The molecule has 1 aliphatic heterocycles. The SMILES string of the molecule is CC[C@H]1CN(c2ccc(C(=O)Nc3ccccc3)nn2)C[C@@H](C)O1. The van der Waals surface area contributed by atoms with Crippen molar-refractivity contribution in [1.82, 2.24) is 10.2 Å². The third kappa shape index (κ3) is 3.89. The molecule has 6 heteroatoms. The molecule has 3 rings (SSSR count). The molecule has 1 aromatic carbocycles. The zero-order valence-corrected chi connectivity index (χ0v) is 14.0. The van der Waals surface area contributed by atoms with Crippen LogP contribution >= 0.6 is 0 Å². The average molecular weight is 326 g/mol. The zero-order valence-electron chi connectivity index (χ0n) is 14.0. The summed E-state index contributed by atoms with van der Waals surface area (Å²) in [4.78, 5) is 14.4. The number of aromatic nitrogens is 2. The van der Waals surface area contributed by atoms with Gasteiger partial charge in [-0.25, -0.2) is 0 Å². The Morgan fingerprint density at radius 2 is 2.00 bits per heavy atom. The number of hydrogen-bond donors (Lipinski definition) is 1. The maximum atomic E-state index is 12.2. The molecule has 2 atom stereocenters. The lowest BCUT2D eigenvalue weighted by Gasteiger charge is -2.36. The second-order valence-corrected chi connectivity index (χ2v) is 5.98. The molecule has 0 aliphatic carbocycles. The van der Waals surface area contributed by atoms with Crippen molar-refractivity contribution < 1.29 is 9.53 Å². The van der Waals surface area contributed by atoms with Crippen LogP contribution in [-0.4, -0.2) is 41.4 Å². The Balaban J connectivity index is 1.67. The number of para-hydroxylation sites is 1. The number of carbonyl (C=O) groups excluding carboxylic acids is 1. The summed E-state index contributed by atoms with van der Waals surface area (Å²) in [7, 11) is 0. The fraction of sp³-hybridized carbons (Fsp3) is 0.389. The highest BCUT2D eigenvalue weighted by molar-refractivity contribution is 6.02. The van der Waals surface area contributed by atoms with E-state index in [1.807, 2.05) is 36.4 Å². The van der Waals surface area contributed by atoms with Crippen LogP contribution in [0.15, 0.2) is 42.5 Å². The Labute approximate surface area is 141 Å².